The molecule has 1 N–H and O–H groups in total. The second-order valence-electron chi connectivity index (χ2n) is 8.09. The fourth-order valence-corrected chi connectivity index (χ4v) is 4.47. The van der Waals surface area contributed by atoms with Crippen molar-refractivity contribution in [2.45, 2.75) is 18.8 Å². The van der Waals surface area contributed by atoms with E-state index in [1.54, 1.807) is 43.3 Å². The average molecular weight is 470 g/mol. The summed E-state index contributed by atoms with van der Waals surface area (Å²) in [6.07, 6.45) is 3.05. The Bertz CT molecular complexity index is 1220. The molecule has 1 aromatic heterocycles. The minimum Gasteiger partial charge on any atom is -0.495 e. The number of anilines is 2. The SMILES string of the molecule is COc1ccccc1Nc1c(C(=O)N2CCC(c3ccc(F)cc3)CC2)cn(C)c(=O)c1Cl. The molecule has 6 nitrogen and oxygen atoms in total. The van der Waals surface area contributed by atoms with Crippen molar-refractivity contribution >= 4 is 28.9 Å². The van der Waals surface area contributed by atoms with Crippen LogP contribution in [0.15, 0.2) is 59.5 Å². The molecule has 1 saturated heterocycles. The average Bonchev–Trinajstić information content (AvgIpc) is 2.84. The zero-order valence-corrected chi connectivity index (χ0v) is 19.2. The predicted molar refractivity (Wildman–Crippen MR) is 127 cm³/mol. The smallest absolute Gasteiger partial charge is 0.271 e. The molecule has 0 spiro atoms. The first kappa shape index (κ1) is 22.9. The Morgan fingerprint density at radius 1 is 1.12 bits per heavy atom. The molecule has 8 heteroatoms. The summed E-state index contributed by atoms with van der Waals surface area (Å²) in [6.45, 7) is 1.10. The number of nitrogens with one attached hydrogen (secondary N) is 1. The van der Waals surface area contributed by atoms with E-state index < -0.39 is 5.56 Å². The molecule has 1 amide bonds. The number of pyridine rings is 1. The molecule has 1 fully saturated rings. The van der Waals surface area contributed by atoms with E-state index in [9.17, 15) is 14.0 Å². The van der Waals surface area contributed by atoms with Gasteiger partial charge in [0.15, 0.2) is 0 Å². The van der Waals surface area contributed by atoms with Crippen molar-refractivity contribution in [3.05, 3.63) is 87.0 Å². The number of piperidine rings is 1. The molecule has 0 radical (unpaired) electrons. The van der Waals surface area contributed by atoms with E-state index >= 15 is 0 Å². The molecule has 2 aromatic carbocycles. The lowest BCUT2D eigenvalue weighted by molar-refractivity contribution is 0.0713. The maximum atomic E-state index is 13.5. The number of nitrogens with zero attached hydrogens (tertiary/aromatic N) is 2. The molecule has 2 heterocycles. The van der Waals surface area contributed by atoms with Crippen LogP contribution < -0.4 is 15.6 Å². The number of carbonyl (C=O) groups is 1. The lowest BCUT2D eigenvalue weighted by atomic mass is 9.89. The number of aromatic nitrogens is 1. The Balaban J connectivity index is 1.60. The first-order chi connectivity index (χ1) is 15.9. The van der Waals surface area contributed by atoms with E-state index in [-0.39, 0.29) is 28.4 Å². The highest BCUT2D eigenvalue weighted by molar-refractivity contribution is 6.34. The van der Waals surface area contributed by atoms with Gasteiger partial charge < -0.3 is 19.5 Å². The van der Waals surface area contributed by atoms with E-state index in [2.05, 4.69) is 5.32 Å². The highest BCUT2D eigenvalue weighted by Crippen LogP contribution is 2.34. The molecule has 172 valence electrons. The van der Waals surface area contributed by atoms with E-state index in [1.165, 1.54) is 22.9 Å². The van der Waals surface area contributed by atoms with Crippen molar-refractivity contribution in [2.75, 3.05) is 25.5 Å². The predicted octanol–water partition coefficient (Wildman–Crippen LogP) is 4.95. The summed E-state index contributed by atoms with van der Waals surface area (Å²) in [5.74, 6) is 0.368. The molecule has 1 aliphatic heterocycles. The molecule has 1 aliphatic rings. The maximum absolute atomic E-state index is 13.5. The molecule has 0 saturated carbocycles. The summed E-state index contributed by atoms with van der Waals surface area (Å²) < 4.78 is 19.9. The minimum atomic E-state index is -0.402. The van der Waals surface area contributed by atoms with Gasteiger partial charge in [-0.3, -0.25) is 9.59 Å². The first-order valence-electron chi connectivity index (χ1n) is 10.7. The number of carbonyl (C=O) groups excluding carboxylic acids is 1. The number of aryl methyl sites for hydroxylation is 1. The quantitative estimate of drug-likeness (QED) is 0.574. The van der Waals surface area contributed by atoms with Gasteiger partial charge in [-0.25, -0.2) is 4.39 Å². The maximum Gasteiger partial charge on any atom is 0.271 e. The van der Waals surface area contributed by atoms with Crippen LogP contribution in [0.5, 0.6) is 5.75 Å². The number of rotatable bonds is 5. The van der Waals surface area contributed by atoms with E-state index in [0.29, 0.717) is 30.1 Å². The molecule has 0 atom stereocenters. The van der Waals surface area contributed by atoms with Gasteiger partial charge in [0.2, 0.25) is 0 Å². The fourth-order valence-electron chi connectivity index (χ4n) is 4.18. The number of halogens is 2. The Labute approximate surface area is 196 Å². The minimum absolute atomic E-state index is 0.0598. The van der Waals surface area contributed by atoms with Crippen LogP contribution in [0.3, 0.4) is 0 Å². The normalized spacial score (nSPS) is 14.2. The van der Waals surface area contributed by atoms with Crippen LogP contribution in [0.25, 0.3) is 0 Å². The van der Waals surface area contributed by atoms with Gasteiger partial charge in [-0.1, -0.05) is 35.9 Å². The Morgan fingerprint density at radius 3 is 2.45 bits per heavy atom. The molecular formula is C25H25ClFN3O3. The van der Waals surface area contributed by atoms with Gasteiger partial charge in [-0.2, -0.15) is 0 Å². The number of amides is 1. The molecule has 0 bridgehead atoms. The number of para-hydroxylation sites is 2. The van der Waals surface area contributed by atoms with E-state index in [4.69, 9.17) is 16.3 Å². The summed E-state index contributed by atoms with van der Waals surface area (Å²) in [5.41, 5.74) is 1.84. The van der Waals surface area contributed by atoms with Crippen molar-refractivity contribution in [3.63, 3.8) is 0 Å². The fraction of sp³-hybridized carbons (Fsp3) is 0.280. The molecule has 0 aliphatic carbocycles. The summed E-state index contributed by atoms with van der Waals surface area (Å²) >= 11 is 6.41. The van der Waals surface area contributed by atoms with Gasteiger partial charge in [0.25, 0.3) is 11.5 Å². The highest BCUT2D eigenvalue weighted by atomic mass is 35.5. The van der Waals surface area contributed by atoms with Crippen molar-refractivity contribution < 1.29 is 13.9 Å². The van der Waals surface area contributed by atoms with Crippen LogP contribution in [-0.2, 0) is 7.05 Å². The van der Waals surface area contributed by atoms with Gasteiger partial charge in [-0.05, 0) is 48.6 Å². The van der Waals surface area contributed by atoms with Crippen molar-refractivity contribution in [3.8, 4) is 5.75 Å². The van der Waals surface area contributed by atoms with Gasteiger partial charge >= 0.3 is 0 Å². The summed E-state index contributed by atoms with van der Waals surface area (Å²) in [7, 11) is 3.11. The van der Waals surface area contributed by atoms with Crippen molar-refractivity contribution in [1.29, 1.82) is 0 Å². The lowest BCUT2D eigenvalue weighted by Gasteiger charge is -2.33. The zero-order valence-electron chi connectivity index (χ0n) is 18.5. The van der Waals surface area contributed by atoms with E-state index in [0.717, 1.165) is 18.4 Å². The van der Waals surface area contributed by atoms with Gasteiger partial charge in [0, 0.05) is 26.3 Å². The Morgan fingerprint density at radius 2 is 1.79 bits per heavy atom. The van der Waals surface area contributed by atoms with Gasteiger partial charge in [-0.15, -0.1) is 0 Å². The van der Waals surface area contributed by atoms with Gasteiger partial charge in [0.05, 0.1) is 24.0 Å². The van der Waals surface area contributed by atoms with Crippen molar-refractivity contribution in [2.24, 2.45) is 7.05 Å². The second-order valence-corrected chi connectivity index (χ2v) is 8.47. The standard InChI is InChI=1S/C25H25ClFN3O3/c1-29-15-19(23(22(26)25(29)32)28-20-5-3-4-6-21(20)33-2)24(31)30-13-11-17(12-14-30)16-7-9-18(27)10-8-16/h3-10,15,17,28H,11-14H2,1-2H3. The Kier molecular flexibility index (Phi) is 6.70. The third-order valence-electron chi connectivity index (χ3n) is 6.04. The van der Waals surface area contributed by atoms with Crippen molar-refractivity contribution in [1.82, 2.24) is 9.47 Å². The summed E-state index contributed by atoms with van der Waals surface area (Å²) in [5, 5.41) is 3.08. The molecular weight excluding hydrogens is 445 g/mol. The van der Waals surface area contributed by atoms with Gasteiger partial charge in [0.1, 0.15) is 16.6 Å². The number of hydrogen-bond donors (Lipinski definition) is 1. The van der Waals surface area contributed by atoms with Crippen LogP contribution in [0.1, 0.15) is 34.7 Å². The molecule has 33 heavy (non-hydrogen) atoms. The topological polar surface area (TPSA) is 63.6 Å². The van der Waals surface area contributed by atoms with Crippen LogP contribution in [0, 0.1) is 5.82 Å². The third-order valence-corrected chi connectivity index (χ3v) is 6.39. The number of methoxy groups -OCH3 is 1. The second kappa shape index (κ2) is 9.67. The third kappa shape index (κ3) is 4.73. The first-order valence-corrected chi connectivity index (χ1v) is 11.1. The van der Waals surface area contributed by atoms with Crippen LogP contribution in [0.4, 0.5) is 15.8 Å². The number of hydrogen-bond acceptors (Lipinski definition) is 4. The number of ether oxygens (including phenoxy) is 1. The highest BCUT2D eigenvalue weighted by Gasteiger charge is 2.28. The molecule has 4 rings (SSSR count). The van der Waals surface area contributed by atoms with Crippen LogP contribution >= 0.6 is 11.6 Å². The summed E-state index contributed by atoms with van der Waals surface area (Å²) in [6, 6.07) is 13.8. The lowest BCUT2D eigenvalue weighted by Crippen LogP contribution is -2.39. The Hall–Kier alpha value is -3.32. The number of benzene rings is 2. The van der Waals surface area contributed by atoms with Crippen LogP contribution in [-0.4, -0.2) is 35.6 Å². The number of likely N-dealkylation sites (tertiary alicyclic amines) is 1. The summed E-state index contributed by atoms with van der Waals surface area (Å²) in [4.78, 5) is 27.8. The zero-order chi connectivity index (χ0) is 23.5. The monoisotopic (exact) mass is 469 g/mol. The van der Waals surface area contributed by atoms with Crippen LogP contribution in [0.2, 0.25) is 5.02 Å². The van der Waals surface area contributed by atoms with E-state index in [1.807, 2.05) is 12.1 Å². The molecule has 0 unspecified atom stereocenters. The largest absolute Gasteiger partial charge is 0.495 e. The molecule has 3 aromatic rings.